The van der Waals surface area contributed by atoms with Crippen LogP contribution in [0.1, 0.15) is 59.8 Å². The molecule has 0 bridgehead atoms. The fraction of sp³-hybridized carbons (Fsp3) is 0.850. The standard InChI is InChI=1S/C20H32O5/c1-11(2)20(25)10-12-13(8-16(20)22)18(3)6-5-7-19(4,17(23)24)15(18)9-14(12)21/h10-11,13-16,21-22,25H,5-9H2,1-4H3,(H,23,24)/t13-,14+,15+,16+,18+,19+,20+/m0/s1. The number of fused-ring (bicyclic) bond motifs is 3. The summed E-state index contributed by atoms with van der Waals surface area (Å²) in [6.07, 6.45) is 3.17. The van der Waals surface area contributed by atoms with E-state index >= 15 is 0 Å². The summed E-state index contributed by atoms with van der Waals surface area (Å²) >= 11 is 0. The third-order valence-electron chi connectivity index (χ3n) is 7.82. The average molecular weight is 352 g/mol. The highest BCUT2D eigenvalue weighted by Crippen LogP contribution is 2.63. The number of rotatable bonds is 2. The number of carboxylic acid groups (broad SMARTS) is 1. The second-order valence-electron chi connectivity index (χ2n) is 9.38. The second-order valence-corrected chi connectivity index (χ2v) is 9.38. The van der Waals surface area contributed by atoms with E-state index < -0.39 is 29.2 Å². The molecule has 0 saturated heterocycles. The normalized spacial score (nSPS) is 50.0. The van der Waals surface area contributed by atoms with E-state index in [9.17, 15) is 25.2 Å². The fourth-order valence-electron chi connectivity index (χ4n) is 6.02. The van der Waals surface area contributed by atoms with Crippen LogP contribution >= 0.6 is 0 Å². The van der Waals surface area contributed by atoms with Gasteiger partial charge in [-0.3, -0.25) is 4.79 Å². The summed E-state index contributed by atoms with van der Waals surface area (Å²) in [6.45, 7) is 7.66. The maximum Gasteiger partial charge on any atom is 0.309 e. The van der Waals surface area contributed by atoms with Crippen molar-refractivity contribution in [3.05, 3.63) is 11.6 Å². The minimum atomic E-state index is -1.33. The molecule has 4 N–H and O–H groups in total. The summed E-state index contributed by atoms with van der Waals surface area (Å²) in [4.78, 5) is 12.0. The molecule has 0 aromatic heterocycles. The van der Waals surface area contributed by atoms with E-state index in [1.54, 1.807) is 6.08 Å². The summed E-state index contributed by atoms with van der Waals surface area (Å²) in [6, 6.07) is 0. The van der Waals surface area contributed by atoms with Crippen LogP contribution in [0.5, 0.6) is 0 Å². The van der Waals surface area contributed by atoms with E-state index in [-0.39, 0.29) is 23.2 Å². The van der Waals surface area contributed by atoms with Gasteiger partial charge >= 0.3 is 5.97 Å². The Kier molecular flexibility index (Phi) is 4.37. The quantitative estimate of drug-likeness (QED) is 0.572. The molecule has 2 fully saturated rings. The SMILES string of the molecule is CC(C)[C@]1(O)C=C2[C@H](O)C[C@@H]3[C@](C)(CCC[C@@]3(C)C(=O)O)[C@H]2C[C@H]1O. The Labute approximate surface area is 149 Å². The molecule has 5 heteroatoms. The van der Waals surface area contributed by atoms with Gasteiger partial charge in [0.15, 0.2) is 0 Å². The number of aliphatic hydroxyl groups is 3. The Morgan fingerprint density at radius 2 is 1.84 bits per heavy atom. The summed E-state index contributed by atoms with van der Waals surface area (Å²) in [5.74, 6) is -1.18. The van der Waals surface area contributed by atoms with Crippen molar-refractivity contribution in [2.24, 2.45) is 28.6 Å². The Hall–Kier alpha value is -0.910. The smallest absolute Gasteiger partial charge is 0.309 e. The van der Waals surface area contributed by atoms with Crippen molar-refractivity contribution in [2.75, 3.05) is 0 Å². The maximum atomic E-state index is 12.0. The van der Waals surface area contributed by atoms with Crippen LogP contribution in [0, 0.1) is 28.6 Å². The molecule has 7 atom stereocenters. The van der Waals surface area contributed by atoms with Gasteiger partial charge < -0.3 is 20.4 Å². The minimum Gasteiger partial charge on any atom is -0.481 e. The van der Waals surface area contributed by atoms with Crippen LogP contribution in [0.25, 0.3) is 0 Å². The van der Waals surface area contributed by atoms with Crippen molar-refractivity contribution in [3.63, 3.8) is 0 Å². The molecule has 5 nitrogen and oxygen atoms in total. The predicted molar refractivity (Wildman–Crippen MR) is 93.8 cm³/mol. The van der Waals surface area contributed by atoms with Crippen molar-refractivity contribution in [2.45, 2.75) is 77.6 Å². The van der Waals surface area contributed by atoms with Crippen molar-refractivity contribution >= 4 is 5.97 Å². The lowest BCUT2D eigenvalue weighted by atomic mass is 9.44. The highest BCUT2D eigenvalue weighted by molar-refractivity contribution is 5.75. The van der Waals surface area contributed by atoms with E-state index in [0.29, 0.717) is 19.3 Å². The second kappa shape index (κ2) is 5.80. The first kappa shape index (κ1) is 18.9. The van der Waals surface area contributed by atoms with E-state index in [4.69, 9.17) is 0 Å². The van der Waals surface area contributed by atoms with Gasteiger partial charge in [-0.05, 0) is 67.4 Å². The van der Waals surface area contributed by atoms with E-state index in [1.807, 2.05) is 20.8 Å². The molecule has 0 heterocycles. The number of hydrogen-bond acceptors (Lipinski definition) is 4. The number of carbonyl (C=O) groups is 1. The lowest BCUT2D eigenvalue weighted by Gasteiger charge is -2.60. The molecular formula is C20H32O5. The van der Waals surface area contributed by atoms with Crippen LogP contribution in [0.2, 0.25) is 0 Å². The highest BCUT2D eigenvalue weighted by atomic mass is 16.4. The molecule has 0 aromatic carbocycles. The predicted octanol–water partition coefficient (Wildman–Crippen LogP) is 2.34. The van der Waals surface area contributed by atoms with Crippen LogP contribution in [0.4, 0.5) is 0 Å². The van der Waals surface area contributed by atoms with Crippen molar-refractivity contribution in [1.29, 1.82) is 0 Å². The highest BCUT2D eigenvalue weighted by Gasteiger charge is 2.61. The van der Waals surface area contributed by atoms with Gasteiger partial charge in [0.25, 0.3) is 0 Å². The van der Waals surface area contributed by atoms with Crippen LogP contribution in [0.3, 0.4) is 0 Å². The van der Waals surface area contributed by atoms with Gasteiger partial charge in [-0.25, -0.2) is 0 Å². The first-order chi connectivity index (χ1) is 11.5. The largest absolute Gasteiger partial charge is 0.481 e. The maximum absolute atomic E-state index is 12.0. The van der Waals surface area contributed by atoms with Gasteiger partial charge in [-0.15, -0.1) is 0 Å². The summed E-state index contributed by atoms with van der Waals surface area (Å²) < 4.78 is 0. The fourth-order valence-corrected chi connectivity index (χ4v) is 6.02. The van der Waals surface area contributed by atoms with Gasteiger partial charge in [0.2, 0.25) is 0 Å². The number of hydrogen-bond donors (Lipinski definition) is 4. The molecular weight excluding hydrogens is 320 g/mol. The topological polar surface area (TPSA) is 98.0 Å². The van der Waals surface area contributed by atoms with Crippen molar-refractivity contribution < 1.29 is 25.2 Å². The third kappa shape index (κ3) is 2.50. The number of aliphatic hydroxyl groups excluding tert-OH is 2. The van der Waals surface area contributed by atoms with Crippen molar-refractivity contribution in [3.8, 4) is 0 Å². The molecule has 3 rings (SSSR count). The van der Waals surface area contributed by atoms with E-state index in [2.05, 4.69) is 6.92 Å². The number of aliphatic carboxylic acids is 1. The van der Waals surface area contributed by atoms with Gasteiger partial charge in [0.05, 0.1) is 17.6 Å². The Bertz CT molecular complexity index is 599. The molecule has 3 aliphatic carbocycles. The number of carboxylic acids is 1. The first-order valence-corrected chi connectivity index (χ1v) is 9.51. The van der Waals surface area contributed by atoms with E-state index in [1.165, 1.54) is 0 Å². The minimum absolute atomic E-state index is 0.0887. The third-order valence-corrected chi connectivity index (χ3v) is 7.82. The van der Waals surface area contributed by atoms with Crippen LogP contribution in [0.15, 0.2) is 11.6 Å². The molecule has 0 amide bonds. The van der Waals surface area contributed by atoms with Crippen LogP contribution in [-0.2, 0) is 4.79 Å². The molecule has 0 spiro atoms. The molecule has 25 heavy (non-hydrogen) atoms. The van der Waals surface area contributed by atoms with Gasteiger partial charge in [0, 0.05) is 0 Å². The molecule has 2 saturated carbocycles. The Morgan fingerprint density at radius 1 is 1.20 bits per heavy atom. The molecule has 0 aliphatic heterocycles. The summed E-state index contributed by atoms with van der Waals surface area (Å²) in [5, 5.41) is 42.3. The zero-order valence-corrected chi connectivity index (χ0v) is 15.7. The average Bonchev–Trinajstić information content (AvgIpc) is 2.51. The Balaban J connectivity index is 2.08. The molecule has 142 valence electrons. The van der Waals surface area contributed by atoms with Gasteiger partial charge in [0.1, 0.15) is 5.60 Å². The van der Waals surface area contributed by atoms with Crippen LogP contribution < -0.4 is 0 Å². The first-order valence-electron chi connectivity index (χ1n) is 9.51. The molecule has 0 unspecified atom stereocenters. The lowest BCUT2D eigenvalue weighted by Crippen LogP contribution is -2.60. The zero-order chi connectivity index (χ0) is 18.8. The van der Waals surface area contributed by atoms with Gasteiger partial charge in [-0.2, -0.15) is 0 Å². The van der Waals surface area contributed by atoms with Gasteiger partial charge in [-0.1, -0.05) is 27.2 Å². The van der Waals surface area contributed by atoms with Crippen molar-refractivity contribution in [1.82, 2.24) is 0 Å². The van der Waals surface area contributed by atoms with E-state index in [0.717, 1.165) is 18.4 Å². The lowest BCUT2D eigenvalue weighted by molar-refractivity contribution is -0.172. The Morgan fingerprint density at radius 3 is 2.40 bits per heavy atom. The summed E-state index contributed by atoms with van der Waals surface area (Å²) in [5.41, 5.74) is -1.66. The molecule has 0 aromatic rings. The molecule has 3 aliphatic rings. The summed E-state index contributed by atoms with van der Waals surface area (Å²) in [7, 11) is 0. The zero-order valence-electron chi connectivity index (χ0n) is 15.7. The van der Waals surface area contributed by atoms with Crippen LogP contribution in [-0.4, -0.2) is 44.2 Å². The monoisotopic (exact) mass is 352 g/mol. The molecule has 0 radical (unpaired) electrons.